The molecule has 11 nitrogen and oxygen atoms in total. The van der Waals surface area contributed by atoms with Crippen molar-refractivity contribution in [3.05, 3.63) is 40.8 Å². The van der Waals surface area contributed by atoms with Crippen molar-refractivity contribution in [2.24, 2.45) is 14.2 Å². The lowest BCUT2D eigenvalue weighted by Crippen LogP contribution is -2.45. The third kappa shape index (κ3) is 5.25. The Kier molecular flexibility index (Phi) is 7.16. The van der Waals surface area contributed by atoms with E-state index in [1.165, 1.54) is 50.5 Å². The zero-order valence-electron chi connectivity index (χ0n) is 20.4. The number of hydrogen-bond acceptors (Lipinski definition) is 8. The summed E-state index contributed by atoms with van der Waals surface area (Å²) in [6.07, 6.45) is 1.53. The van der Waals surface area contributed by atoms with Crippen LogP contribution >= 0.6 is 15.9 Å². The molecule has 0 fully saturated rings. The molecule has 1 aromatic carbocycles. The highest BCUT2D eigenvalue weighted by molar-refractivity contribution is 9.10. The van der Waals surface area contributed by atoms with E-state index in [1.807, 2.05) is 20.8 Å². The third-order valence-electron chi connectivity index (χ3n) is 5.42. The van der Waals surface area contributed by atoms with Crippen LogP contribution in [0, 0.1) is 5.41 Å². The Morgan fingerprint density at radius 1 is 1.09 bits per heavy atom. The largest absolute Gasteiger partial charge is 0.504 e. The van der Waals surface area contributed by atoms with Crippen molar-refractivity contribution in [3.8, 4) is 5.75 Å². The normalized spacial score (nSPS) is 16.7. The van der Waals surface area contributed by atoms with Gasteiger partial charge in [0.25, 0.3) is 0 Å². The van der Waals surface area contributed by atoms with E-state index in [4.69, 9.17) is 4.42 Å². The van der Waals surface area contributed by atoms with Gasteiger partial charge in [-0.25, -0.2) is 12.7 Å². The first-order valence-electron chi connectivity index (χ1n) is 10.4. The van der Waals surface area contributed by atoms with Gasteiger partial charge in [-0.15, -0.1) is 8.80 Å². The standard InChI is InChI=1S/C21H28BrN5O6S2/c1-21(2,3)18(15-11-13(22)12-33-15)27(7)20-19(23-35(31,32)24-20)26(6)14-9-8-10-16(17(14)28)34(29,30)25(4)5/h8-12,18,28H,1-7H3/t18-/m0/s1. The van der Waals surface area contributed by atoms with Gasteiger partial charge < -0.3 is 19.3 Å². The maximum absolute atomic E-state index is 12.7. The van der Waals surface area contributed by atoms with Gasteiger partial charge >= 0.3 is 10.2 Å². The Morgan fingerprint density at radius 2 is 1.69 bits per heavy atom. The van der Waals surface area contributed by atoms with Crippen LogP contribution in [0.5, 0.6) is 5.75 Å². The maximum Gasteiger partial charge on any atom is 0.367 e. The van der Waals surface area contributed by atoms with Crippen LogP contribution in [0.1, 0.15) is 32.6 Å². The Balaban J connectivity index is 2.11. The highest BCUT2D eigenvalue weighted by atomic mass is 79.9. The molecule has 2 heterocycles. The molecule has 0 amide bonds. The number of furan rings is 1. The molecule has 2 aromatic rings. The molecule has 1 atom stereocenters. The molecule has 0 saturated carbocycles. The Bertz CT molecular complexity index is 1410. The summed E-state index contributed by atoms with van der Waals surface area (Å²) >= 11 is 3.37. The van der Waals surface area contributed by atoms with Crippen LogP contribution in [0.3, 0.4) is 0 Å². The van der Waals surface area contributed by atoms with E-state index in [2.05, 4.69) is 24.7 Å². The van der Waals surface area contributed by atoms with Crippen LogP contribution in [-0.2, 0) is 20.2 Å². The lowest BCUT2D eigenvalue weighted by molar-refractivity contribution is 0.166. The van der Waals surface area contributed by atoms with Crippen LogP contribution in [0.4, 0.5) is 5.69 Å². The quantitative estimate of drug-likeness (QED) is 0.561. The summed E-state index contributed by atoms with van der Waals surface area (Å²) in [6.45, 7) is 5.91. The van der Waals surface area contributed by atoms with Gasteiger partial charge in [-0.1, -0.05) is 26.8 Å². The predicted molar refractivity (Wildman–Crippen MR) is 138 cm³/mol. The number of hydrogen-bond donors (Lipinski definition) is 1. The van der Waals surface area contributed by atoms with Gasteiger partial charge in [0.05, 0.1) is 16.2 Å². The smallest absolute Gasteiger partial charge is 0.367 e. The van der Waals surface area contributed by atoms with Gasteiger partial charge in [0.15, 0.2) is 17.4 Å². The molecule has 1 aliphatic heterocycles. The van der Waals surface area contributed by atoms with Crippen molar-refractivity contribution in [1.82, 2.24) is 9.21 Å². The van der Waals surface area contributed by atoms with Crippen molar-refractivity contribution >= 4 is 53.5 Å². The minimum Gasteiger partial charge on any atom is -0.504 e. The second-order valence-electron chi connectivity index (χ2n) is 9.29. The summed E-state index contributed by atoms with van der Waals surface area (Å²) in [5, 5.41) is 10.9. The van der Waals surface area contributed by atoms with E-state index in [-0.39, 0.29) is 22.3 Å². The summed E-state index contributed by atoms with van der Waals surface area (Å²) in [6, 6.07) is 5.51. The molecule has 0 spiro atoms. The van der Waals surface area contributed by atoms with Gasteiger partial charge in [0.1, 0.15) is 16.9 Å². The van der Waals surface area contributed by atoms with Crippen LogP contribution in [0.25, 0.3) is 0 Å². The second-order valence-corrected chi connectivity index (χ2v) is 13.6. The van der Waals surface area contributed by atoms with E-state index < -0.39 is 37.4 Å². The average molecular weight is 591 g/mol. The molecular formula is C21H28BrN5O6S2. The van der Waals surface area contributed by atoms with Gasteiger partial charge in [-0.2, -0.15) is 8.42 Å². The number of anilines is 1. The zero-order chi connectivity index (χ0) is 26.5. The number of nitrogens with zero attached hydrogens (tertiary/aromatic N) is 5. The van der Waals surface area contributed by atoms with Crippen LogP contribution in [-0.4, -0.2) is 71.0 Å². The van der Waals surface area contributed by atoms with Crippen molar-refractivity contribution < 1.29 is 26.4 Å². The maximum atomic E-state index is 12.7. The highest BCUT2D eigenvalue weighted by Crippen LogP contribution is 2.41. The van der Waals surface area contributed by atoms with Gasteiger partial charge in [-0.3, -0.25) is 0 Å². The Hall–Kier alpha value is -2.42. The van der Waals surface area contributed by atoms with E-state index in [0.717, 1.165) is 8.78 Å². The Morgan fingerprint density at radius 3 is 2.20 bits per heavy atom. The number of aromatic hydroxyl groups is 1. The summed E-state index contributed by atoms with van der Waals surface area (Å²) in [4.78, 5) is 2.61. The fraction of sp³-hybridized carbons (Fsp3) is 0.429. The summed E-state index contributed by atoms with van der Waals surface area (Å²) in [7, 11) is -2.35. The molecule has 1 aliphatic rings. The number of benzene rings is 1. The summed E-state index contributed by atoms with van der Waals surface area (Å²) in [5.74, 6) is -0.0369. The van der Waals surface area contributed by atoms with Crippen LogP contribution in [0.15, 0.2) is 53.1 Å². The Labute approximate surface area is 214 Å². The fourth-order valence-corrected chi connectivity index (χ4v) is 6.05. The minimum absolute atomic E-state index is 0.0141. The first kappa shape index (κ1) is 27.2. The lowest BCUT2D eigenvalue weighted by atomic mass is 9.84. The van der Waals surface area contributed by atoms with Crippen molar-refractivity contribution in [3.63, 3.8) is 0 Å². The second kappa shape index (κ2) is 9.22. The van der Waals surface area contributed by atoms with Crippen molar-refractivity contribution in [2.75, 3.05) is 33.1 Å². The molecule has 1 N–H and O–H groups in total. The number of rotatable bonds is 5. The molecular weight excluding hydrogens is 562 g/mol. The molecule has 14 heteroatoms. The topological polar surface area (TPSA) is 136 Å². The minimum atomic E-state index is -4.22. The van der Waals surface area contributed by atoms with Gasteiger partial charge in [-0.05, 0) is 39.5 Å². The summed E-state index contributed by atoms with van der Waals surface area (Å²) < 4.78 is 65.3. The first-order chi connectivity index (χ1) is 16.0. The highest BCUT2D eigenvalue weighted by Gasteiger charge is 2.40. The molecule has 0 aliphatic carbocycles. The number of amidine groups is 2. The number of sulfonamides is 1. The van der Waals surface area contributed by atoms with Crippen LogP contribution in [0.2, 0.25) is 0 Å². The van der Waals surface area contributed by atoms with Crippen LogP contribution < -0.4 is 4.90 Å². The number of para-hydroxylation sites is 1. The lowest BCUT2D eigenvalue weighted by Gasteiger charge is -2.38. The molecule has 0 bridgehead atoms. The number of phenols is 1. The van der Waals surface area contributed by atoms with E-state index in [1.54, 1.807) is 18.0 Å². The average Bonchev–Trinajstić information content (AvgIpc) is 3.28. The number of halogens is 1. The number of phenolic OH excluding ortho intramolecular Hbond substituents is 1. The fourth-order valence-electron chi connectivity index (χ4n) is 3.85. The van der Waals surface area contributed by atoms with E-state index in [9.17, 15) is 21.9 Å². The number of likely N-dealkylation sites (N-methyl/N-ethyl adjacent to an activating group) is 2. The predicted octanol–water partition coefficient (Wildman–Crippen LogP) is 3.21. The van der Waals surface area contributed by atoms with Gasteiger partial charge in [0, 0.05) is 28.2 Å². The zero-order valence-corrected chi connectivity index (χ0v) is 23.6. The van der Waals surface area contributed by atoms with Gasteiger partial charge in [0.2, 0.25) is 10.0 Å². The summed E-state index contributed by atoms with van der Waals surface area (Å²) in [5.41, 5.74) is -0.384. The van der Waals surface area contributed by atoms with Crippen molar-refractivity contribution in [2.45, 2.75) is 31.7 Å². The monoisotopic (exact) mass is 589 g/mol. The molecule has 35 heavy (non-hydrogen) atoms. The molecule has 192 valence electrons. The SMILES string of the molecule is CN(C1=NS(=O)(=O)N=C1N(C)[C@@H](c1cc(Br)co1)C(C)(C)C)c1cccc(S(=O)(=O)N(C)C)c1O. The van der Waals surface area contributed by atoms with Crippen molar-refractivity contribution in [1.29, 1.82) is 0 Å². The molecule has 0 unspecified atom stereocenters. The molecule has 0 saturated heterocycles. The first-order valence-corrected chi connectivity index (χ1v) is 14.0. The van der Waals surface area contributed by atoms with E-state index >= 15 is 0 Å². The molecule has 3 rings (SSSR count). The van der Waals surface area contributed by atoms with E-state index in [0.29, 0.717) is 5.76 Å². The molecule has 0 radical (unpaired) electrons. The molecule has 1 aromatic heterocycles. The third-order valence-corrected chi connectivity index (χ3v) is 8.49.